The molecule has 3 nitrogen and oxygen atoms in total. The Morgan fingerprint density at radius 1 is 0.419 bits per heavy atom. The first-order valence-corrected chi connectivity index (χ1v) is 28.3. The van der Waals surface area contributed by atoms with Gasteiger partial charge in [-0.05, 0) is 197 Å². The van der Waals surface area contributed by atoms with E-state index in [2.05, 4.69) is 238 Å². The Morgan fingerprint density at radius 2 is 0.865 bits per heavy atom. The predicted octanol–water partition coefficient (Wildman–Crippen LogP) is 17.8. The highest BCUT2D eigenvalue weighted by Gasteiger charge is 2.51. The molecule has 0 amide bonds. The van der Waals surface area contributed by atoms with Crippen LogP contribution < -0.4 is 26.2 Å². The lowest BCUT2D eigenvalue weighted by Gasteiger charge is -2.48. The molecule has 0 fully saturated rings. The van der Waals surface area contributed by atoms with Gasteiger partial charge < -0.3 is 9.32 Å². The highest BCUT2D eigenvalue weighted by atomic mass is 16.4. The summed E-state index contributed by atoms with van der Waals surface area (Å²) in [5.41, 5.74) is 25.2. The molecule has 0 spiro atoms. The van der Waals surface area contributed by atoms with E-state index >= 15 is 0 Å². The maximum absolute atomic E-state index is 7.67. The Morgan fingerprint density at radius 3 is 1.38 bits per heavy atom. The summed E-state index contributed by atoms with van der Waals surface area (Å²) in [6, 6.07) is 41.6. The maximum atomic E-state index is 7.67. The molecule has 382 valence electrons. The number of hydrogen-bond acceptors (Lipinski definition) is 3. The molecule has 4 heteroatoms. The van der Waals surface area contributed by atoms with E-state index in [1.165, 1.54) is 107 Å². The molecule has 12 rings (SSSR count). The standard InChI is InChI=1S/C70H83BN2O/c1-63(2,3)43-24-26-45(27-25-43)72-57-34-44(64(4,5)6)35-58-61(57)71(60-47-37-49-53(41-59(47)74-62(60)72)70(17,18)33-29-66(49,9)10)54-38-50-52(69(15,16)32-30-67(50,11)12)40-56(54)73(58)55-39-51-48(65(7,8)28-31-68(51,13)14)36-46(55)42-22-20-19-21-23-42/h19-27,34-41H,28-33H2,1-18H3. The van der Waals surface area contributed by atoms with Gasteiger partial charge in [0.15, 0.2) is 0 Å². The summed E-state index contributed by atoms with van der Waals surface area (Å²) < 4.78 is 7.67. The molecule has 6 aromatic carbocycles. The third-order valence-electron chi connectivity index (χ3n) is 19.8. The number of nitrogens with zero attached hydrogens (tertiary/aromatic N) is 2. The Balaban J connectivity index is 1.28. The van der Waals surface area contributed by atoms with E-state index in [0.717, 1.165) is 49.3 Å². The Hall–Kier alpha value is -5.48. The summed E-state index contributed by atoms with van der Waals surface area (Å²) in [5, 5.41) is 1.25. The van der Waals surface area contributed by atoms with Crippen LogP contribution in [0.25, 0.3) is 22.1 Å². The van der Waals surface area contributed by atoms with E-state index in [1.807, 2.05) is 0 Å². The molecule has 3 aliphatic carbocycles. The predicted molar refractivity (Wildman–Crippen MR) is 319 cm³/mol. The van der Waals surface area contributed by atoms with Crippen molar-refractivity contribution in [2.45, 2.75) is 206 Å². The molecule has 0 saturated carbocycles. The van der Waals surface area contributed by atoms with Gasteiger partial charge in [-0.1, -0.05) is 173 Å². The number of fused-ring (bicyclic) bond motifs is 9. The van der Waals surface area contributed by atoms with Gasteiger partial charge in [0.05, 0.1) is 5.69 Å². The molecule has 0 saturated heterocycles. The summed E-state index contributed by atoms with van der Waals surface area (Å²) in [4.78, 5) is 5.31. The van der Waals surface area contributed by atoms with E-state index in [0.29, 0.717) is 0 Å². The normalized spacial score (nSPS) is 20.3. The molecule has 3 heterocycles. The fourth-order valence-electron chi connectivity index (χ4n) is 14.3. The first kappa shape index (κ1) is 49.4. The van der Waals surface area contributed by atoms with Crippen LogP contribution in [-0.4, -0.2) is 6.71 Å². The molecule has 7 aromatic rings. The lowest BCUT2D eigenvalue weighted by molar-refractivity contribution is 0.332. The molecule has 0 atom stereocenters. The van der Waals surface area contributed by atoms with Gasteiger partial charge in [-0.3, -0.25) is 4.90 Å². The summed E-state index contributed by atoms with van der Waals surface area (Å²) >= 11 is 0. The van der Waals surface area contributed by atoms with Crippen molar-refractivity contribution in [2.24, 2.45) is 0 Å². The molecule has 0 radical (unpaired) electrons. The second-order valence-corrected chi connectivity index (χ2v) is 29.8. The van der Waals surface area contributed by atoms with Gasteiger partial charge in [-0.15, -0.1) is 0 Å². The van der Waals surface area contributed by atoms with Crippen molar-refractivity contribution in [3.05, 3.63) is 148 Å². The van der Waals surface area contributed by atoms with E-state index in [4.69, 9.17) is 4.42 Å². The van der Waals surface area contributed by atoms with Crippen molar-refractivity contribution in [3.63, 3.8) is 0 Å². The van der Waals surface area contributed by atoms with Crippen molar-refractivity contribution < 1.29 is 4.42 Å². The minimum absolute atomic E-state index is 0.00189. The van der Waals surface area contributed by atoms with Crippen LogP contribution in [0.1, 0.15) is 208 Å². The van der Waals surface area contributed by atoms with Gasteiger partial charge >= 0.3 is 0 Å². The molecule has 0 unspecified atom stereocenters. The van der Waals surface area contributed by atoms with Gasteiger partial charge in [0, 0.05) is 39.2 Å². The van der Waals surface area contributed by atoms with Gasteiger partial charge in [-0.25, -0.2) is 0 Å². The van der Waals surface area contributed by atoms with Gasteiger partial charge in [0.25, 0.3) is 6.71 Å². The fraction of sp³-hybridized carbons (Fsp3) is 0.457. The van der Waals surface area contributed by atoms with E-state index in [1.54, 1.807) is 0 Å². The summed E-state index contributed by atoms with van der Waals surface area (Å²) in [5.74, 6) is 0.954. The van der Waals surface area contributed by atoms with Crippen LogP contribution in [0.2, 0.25) is 0 Å². The van der Waals surface area contributed by atoms with Crippen LogP contribution in [0.15, 0.2) is 108 Å². The first-order chi connectivity index (χ1) is 34.4. The zero-order chi connectivity index (χ0) is 52.8. The number of rotatable bonds is 3. The van der Waals surface area contributed by atoms with Crippen molar-refractivity contribution in [1.82, 2.24) is 0 Å². The van der Waals surface area contributed by atoms with Crippen molar-refractivity contribution >= 4 is 68.4 Å². The molecule has 2 aliphatic heterocycles. The third kappa shape index (κ3) is 7.32. The third-order valence-corrected chi connectivity index (χ3v) is 19.8. The summed E-state index contributed by atoms with van der Waals surface area (Å²) in [7, 11) is 0. The Kier molecular flexibility index (Phi) is 10.4. The number of benzene rings is 6. The van der Waals surface area contributed by atoms with Gasteiger partial charge in [-0.2, -0.15) is 0 Å². The number of hydrogen-bond donors (Lipinski definition) is 0. The minimum atomic E-state index is -0.162. The average Bonchev–Trinajstić information content (AvgIpc) is 3.70. The number of anilines is 6. The monoisotopic (exact) mass is 979 g/mol. The smallest absolute Gasteiger partial charge is 0.257 e. The van der Waals surface area contributed by atoms with E-state index in [-0.39, 0.29) is 50.0 Å². The largest absolute Gasteiger partial charge is 0.440 e. The Bertz CT molecular complexity index is 3470. The summed E-state index contributed by atoms with van der Waals surface area (Å²) in [6.07, 6.45) is 6.93. The first-order valence-electron chi connectivity index (χ1n) is 28.3. The number of furan rings is 1. The molecule has 74 heavy (non-hydrogen) atoms. The van der Waals surface area contributed by atoms with Crippen molar-refractivity contribution in [1.29, 1.82) is 0 Å². The lowest BCUT2D eigenvalue weighted by Crippen LogP contribution is -2.61. The second kappa shape index (κ2) is 15.6. The highest BCUT2D eigenvalue weighted by Crippen LogP contribution is 2.56. The molecular formula is C70H83BN2O. The maximum Gasteiger partial charge on any atom is 0.257 e. The SMILES string of the molecule is CC(C)(C)c1ccc(N2c3cc(C(C)(C)C)cc4c3B(c3cc5c(cc3N4c3cc4c(cc3-c3ccccc3)C(C)(C)CCC4(C)C)C(C)(C)CCC5(C)C)c3c2oc2cc4c(cc32)C(C)(C)CCC4(C)C)cc1. The molecule has 0 bridgehead atoms. The van der Waals surface area contributed by atoms with Crippen LogP contribution in [0.3, 0.4) is 0 Å². The zero-order valence-electron chi connectivity index (χ0n) is 48.4. The van der Waals surface area contributed by atoms with Crippen molar-refractivity contribution in [2.75, 3.05) is 9.80 Å². The van der Waals surface area contributed by atoms with Gasteiger partial charge in [0.2, 0.25) is 5.88 Å². The Labute approximate surface area is 445 Å². The average molecular weight is 979 g/mol. The lowest BCUT2D eigenvalue weighted by atomic mass is 9.33. The molecule has 0 N–H and O–H groups in total. The quantitative estimate of drug-likeness (QED) is 0.165. The molecule has 1 aromatic heterocycles. The molecular weight excluding hydrogens is 896 g/mol. The summed E-state index contributed by atoms with van der Waals surface area (Å²) in [6.45, 7) is 43.8. The molecule has 5 aliphatic rings. The van der Waals surface area contributed by atoms with E-state index in [9.17, 15) is 0 Å². The van der Waals surface area contributed by atoms with Crippen molar-refractivity contribution in [3.8, 4) is 11.1 Å². The van der Waals surface area contributed by atoms with Crippen LogP contribution >= 0.6 is 0 Å². The van der Waals surface area contributed by atoms with E-state index < -0.39 is 0 Å². The van der Waals surface area contributed by atoms with Gasteiger partial charge in [0.1, 0.15) is 5.58 Å². The second-order valence-electron chi connectivity index (χ2n) is 29.8. The highest BCUT2D eigenvalue weighted by molar-refractivity contribution is 7.01. The fourth-order valence-corrected chi connectivity index (χ4v) is 14.3. The topological polar surface area (TPSA) is 19.6 Å². The van der Waals surface area contributed by atoms with Crippen LogP contribution in [0.5, 0.6) is 0 Å². The zero-order valence-corrected chi connectivity index (χ0v) is 48.4. The van der Waals surface area contributed by atoms with Crippen LogP contribution in [0, 0.1) is 0 Å². The minimum Gasteiger partial charge on any atom is -0.440 e. The van der Waals surface area contributed by atoms with Crippen LogP contribution in [0.4, 0.5) is 34.3 Å². The van der Waals surface area contributed by atoms with Crippen LogP contribution in [-0.2, 0) is 43.3 Å².